The van der Waals surface area contributed by atoms with Crippen LogP contribution < -0.4 is 5.32 Å². The van der Waals surface area contributed by atoms with E-state index in [0.29, 0.717) is 0 Å². The van der Waals surface area contributed by atoms with E-state index in [4.69, 9.17) is 0 Å². The van der Waals surface area contributed by atoms with E-state index < -0.39 is 0 Å². The van der Waals surface area contributed by atoms with E-state index in [1.54, 1.807) is 0 Å². The third-order valence-corrected chi connectivity index (χ3v) is 3.15. The summed E-state index contributed by atoms with van der Waals surface area (Å²) in [4.78, 5) is 4.38. The van der Waals surface area contributed by atoms with Crippen LogP contribution in [0.25, 0.3) is 5.82 Å². The van der Waals surface area contributed by atoms with Crippen LogP contribution in [0, 0.1) is 6.92 Å². The number of nitrogens with one attached hydrogen (secondary N) is 1. The second-order valence-corrected chi connectivity index (χ2v) is 4.69. The van der Waals surface area contributed by atoms with E-state index in [-0.39, 0.29) is 0 Å². The first-order valence-electron chi connectivity index (χ1n) is 5.99. The van der Waals surface area contributed by atoms with Crippen molar-refractivity contribution in [2.75, 3.05) is 0 Å². The Hall–Kier alpha value is -1.62. The van der Waals surface area contributed by atoms with E-state index in [1.165, 1.54) is 12.8 Å². The molecule has 1 aliphatic carbocycles. The van der Waals surface area contributed by atoms with Crippen molar-refractivity contribution in [2.45, 2.75) is 32.4 Å². The molecule has 0 aromatic carbocycles. The van der Waals surface area contributed by atoms with Crippen LogP contribution in [0.2, 0.25) is 0 Å². The zero-order valence-corrected chi connectivity index (χ0v) is 10.2. The monoisotopic (exact) mass is 231 g/mol. The molecule has 1 saturated carbocycles. The molecule has 5 nitrogen and oxygen atoms in total. The molecule has 2 heterocycles. The maximum Gasteiger partial charge on any atom is 0.160 e. The van der Waals surface area contributed by atoms with Gasteiger partial charge >= 0.3 is 0 Å². The average molecular weight is 231 g/mol. The number of nitrogens with zero attached hydrogens (tertiary/aromatic N) is 4. The van der Waals surface area contributed by atoms with Crippen molar-refractivity contribution in [3.05, 3.63) is 30.0 Å². The molecule has 1 fully saturated rings. The highest BCUT2D eigenvalue weighted by Gasteiger charge is 2.20. The van der Waals surface area contributed by atoms with Gasteiger partial charge < -0.3 is 5.32 Å². The molecule has 0 amide bonds. The summed E-state index contributed by atoms with van der Waals surface area (Å²) in [5, 5.41) is 7.87. The number of hydrogen-bond acceptors (Lipinski definition) is 3. The predicted molar refractivity (Wildman–Crippen MR) is 64.9 cm³/mol. The number of imidazole rings is 1. The molecule has 2 aromatic rings. The summed E-state index contributed by atoms with van der Waals surface area (Å²) in [6, 6.07) is 2.78. The lowest BCUT2D eigenvalue weighted by molar-refractivity contribution is 0.676. The van der Waals surface area contributed by atoms with Crippen molar-refractivity contribution in [3.63, 3.8) is 0 Å². The van der Waals surface area contributed by atoms with Crippen LogP contribution in [0.4, 0.5) is 0 Å². The quantitative estimate of drug-likeness (QED) is 0.859. The molecule has 0 bridgehead atoms. The van der Waals surface area contributed by atoms with Crippen molar-refractivity contribution >= 4 is 0 Å². The van der Waals surface area contributed by atoms with Crippen LogP contribution in [0.3, 0.4) is 0 Å². The van der Waals surface area contributed by atoms with Gasteiger partial charge in [-0.1, -0.05) is 0 Å². The molecule has 0 aliphatic heterocycles. The summed E-state index contributed by atoms with van der Waals surface area (Å²) in [6.45, 7) is 2.90. The van der Waals surface area contributed by atoms with Crippen molar-refractivity contribution < 1.29 is 0 Å². The summed E-state index contributed by atoms with van der Waals surface area (Å²) >= 11 is 0. The molecule has 5 heteroatoms. The average Bonchev–Trinajstić information content (AvgIpc) is 2.92. The minimum Gasteiger partial charge on any atom is -0.308 e. The Labute approximate surface area is 100 Å². The third kappa shape index (κ3) is 2.24. The summed E-state index contributed by atoms with van der Waals surface area (Å²) in [6.07, 6.45) is 6.48. The van der Waals surface area contributed by atoms with Crippen LogP contribution in [0.15, 0.2) is 18.6 Å². The topological polar surface area (TPSA) is 47.7 Å². The molecule has 1 aliphatic rings. The second kappa shape index (κ2) is 4.00. The van der Waals surface area contributed by atoms with Crippen molar-refractivity contribution in [3.8, 4) is 5.82 Å². The van der Waals surface area contributed by atoms with Crippen molar-refractivity contribution in [2.24, 2.45) is 7.05 Å². The van der Waals surface area contributed by atoms with Crippen LogP contribution in [-0.2, 0) is 13.6 Å². The van der Waals surface area contributed by atoms with E-state index in [1.807, 2.05) is 35.7 Å². The van der Waals surface area contributed by atoms with Crippen LogP contribution >= 0.6 is 0 Å². The fraction of sp³-hybridized carbons (Fsp3) is 0.500. The standard InChI is InChI=1S/C12H17N5/c1-9-5-12(15-16(9)2)17-7-11(14-8-17)6-13-10-3-4-10/h5,7-8,10,13H,3-4,6H2,1-2H3. The van der Waals surface area contributed by atoms with Gasteiger partial charge in [0.05, 0.1) is 5.69 Å². The van der Waals surface area contributed by atoms with Crippen LogP contribution in [-0.4, -0.2) is 25.4 Å². The lowest BCUT2D eigenvalue weighted by Crippen LogP contribution is -2.15. The summed E-state index contributed by atoms with van der Waals surface area (Å²) in [5.74, 6) is 0.926. The Balaban J connectivity index is 1.74. The minimum absolute atomic E-state index is 0.720. The van der Waals surface area contributed by atoms with E-state index in [2.05, 4.69) is 21.5 Å². The molecule has 0 spiro atoms. The van der Waals surface area contributed by atoms with Crippen molar-refractivity contribution in [1.82, 2.24) is 24.6 Å². The first-order valence-corrected chi connectivity index (χ1v) is 5.99. The number of hydrogen-bond donors (Lipinski definition) is 1. The van der Waals surface area contributed by atoms with Gasteiger partial charge in [-0.05, 0) is 19.8 Å². The molecular weight excluding hydrogens is 214 g/mol. The summed E-state index contributed by atoms with van der Waals surface area (Å²) in [7, 11) is 1.95. The normalized spacial score (nSPS) is 15.4. The Morgan fingerprint density at radius 3 is 2.94 bits per heavy atom. The smallest absolute Gasteiger partial charge is 0.160 e. The molecule has 0 unspecified atom stereocenters. The highest BCUT2D eigenvalue weighted by atomic mass is 15.3. The molecule has 90 valence electrons. The van der Waals surface area contributed by atoms with Gasteiger partial charge in [-0.2, -0.15) is 5.10 Å². The summed E-state index contributed by atoms with van der Waals surface area (Å²) < 4.78 is 3.84. The molecule has 17 heavy (non-hydrogen) atoms. The van der Waals surface area contributed by atoms with E-state index >= 15 is 0 Å². The molecule has 0 saturated heterocycles. The highest BCUT2D eigenvalue weighted by Crippen LogP contribution is 2.19. The molecular formula is C12H17N5. The van der Waals surface area contributed by atoms with Gasteiger partial charge in [-0.25, -0.2) is 4.98 Å². The number of aryl methyl sites for hydroxylation is 2. The molecule has 0 radical (unpaired) electrons. The fourth-order valence-corrected chi connectivity index (χ4v) is 1.78. The van der Waals surface area contributed by atoms with Gasteiger partial charge in [0.2, 0.25) is 0 Å². The van der Waals surface area contributed by atoms with Gasteiger partial charge in [0.1, 0.15) is 6.33 Å². The Kier molecular flexibility index (Phi) is 2.48. The summed E-state index contributed by atoms with van der Waals surface area (Å²) in [5.41, 5.74) is 2.21. The number of aromatic nitrogens is 4. The van der Waals surface area contributed by atoms with Gasteiger partial charge in [-0.15, -0.1) is 0 Å². The zero-order chi connectivity index (χ0) is 11.8. The molecule has 2 aromatic heterocycles. The first kappa shape index (κ1) is 10.5. The lowest BCUT2D eigenvalue weighted by atomic mass is 10.4. The maximum atomic E-state index is 4.42. The molecule has 3 rings (SSSR count). The number of rotatable bonds is 4. The lowest BCUT2D eigenvalue weighted by Gasteiger charge is -1.97. The zero-order valence-electron chi connectivity index (χ0n) is 10.2. The van der Waals surface area contributed by atoms with Crippen LogP contribution in [0.5, 0.6) is 0 Å². The second-order valence-electron chi connectivity index (χ2n) is 4.69. The van der Waals surface area contributed by atoms with Gasteiger partial charge in [0, 0.05) is 37.6 Å². The SMILES string of the molecule is Cc1cc(-n2cnc(CNC3CC3)c2)nn1C. The predicted octanol–water partition coefficient (Wildman–Crippen LogP) is 1.17. The first-order chi connectivity index (χ1) is 8.22. The van der Waals surface area contributed by atoms with E-state index in [0.717, 1.165) is 29.8 Å². The van der Waals surface area contributed by atoms with Crippen LogP contribution in [0.1, 0.15) is 24.2 Å². The van der Waals surface area contributed by atoms with Gasteiger partial charge in [0.15, 0.2) is 5.82 Å². The fourth-order valence-electron chi connectivity index (χ4n) is 1.78. The Morgan fingerprint density at radius 1 is 1.47 bits per heavy atom. The maximum absolute atomic E-state index is 4.42. The Bertz CT molecular complexity index is 501. The van der Waals surface area contributed by atoms with Crippen molar-refractivity contribution in [1.29, 1.82) is 0 Å². The van der Waals surface area contributed by atoms with E-state index in [9.17, 15) is 0 Å². The Morgan fingerprint density at radius 2 is 2.29 bits per heavy atom. The third-order valence-electron chi connectivity index (χ3n) is 3.15. The minimum atomic E-state index is 0.720. The highest BCUT2D eigenvalue weighted by molar-refractivity contribution is 5.25. The largest absolute Gasteiger partial charge is 0.308 e. The molecule has 0 atom stereocenters. The molecule has 1 N–H and O–H groups in total. The van der Waals surface area contributed by atoms with Gasteiger partial charge in [0.25, 0.3) is 0 Å². The van der Waals surface area contributed by atoms with Gasteiger partial charge in [-0.3, -0.25) is 9.25 Å².